The standard InChI is InChI=1S/C5H11.C4H11Si.Mg/c2*1-5(2,3)4;/h2*1H2,2-4H3;/q2*-1;+2. The number of rotatable bonds is 0. The van der Waals surface area contributed by atoms with Crippen LogP contribution in [-0.2, 0) is 0 Å². The average molecular weight is 183 g/mol. The van der Waals surface area contributed by atoms with Crippen LogP contribution >= 0.6 is 0 Å². The van der Waals surface area contributed by atoms with Crippen LogP contribution in [-0.4, -0.2) is 31.1 Å². The molecule has 0 amide bonds. The summed E-state index contributed by atoms with van der Waals surface area (Å²) in [5.41, 5.74) is 0.250. The summed E-state index contributed by atoms with van der Waals surface area (Å²) < 4.78 is 0. The van der Waals surface area contributed by atoms with Crippen molar-refractivity contribution in [3.8, 4) is 0 Å². The van der Waals surface area contributed by atoms with E-state index >= 15 is 0 Å². The molecule has 0 aliphatic carbocycles. The van der Waals surface area contributed by atoms with Crippen molar-refractivity contribution >= 4 is 31.1 Å². The van der Waals surface area contributed by atoms with Gasteiger partial charge in [0.1, 0.15) is 0 Å². The normalized spacial score (nSPS) is 10.9. The molecule has 0 spiro atoms. The molecule has 11 heavy (non-hydrogen) atoms. The molecule has 0 atom stereocenters. The van der Waals surface area contributed by atoms with E-state index in [0.29, 0.717) is 0 Å². The fourth-order valence-corrected chi connectivity index (χ4v) is 0. The summed E-state index contributed by atoms with van der Waals surface area (Å²) in [6.45, 7) is 20.6. The van der Waals surface area contributed by atoms with Gasteiger partial charge < -0.3 is 13.5 Å². The fraction of sp³-hybridized carbons (Fsp3) is 0.778. The Morgan fingerprint density at radius 1 is 1.00 bits per heavy atom. The Morgan fingerprint density at radius 3 is 1.00 bits per heavy atom. The van der Waals surface area contributed by atoms with Gasteiger partial charge in [0.05, 0.1) is 0 Å². The molecule has 2 heteroatoms. The van der Waals surface area contributed by atoms with Gasteiger partial charge in [0.2, 0.25) is 0 Å². The van der Waals surface area contributed by atoms with Gasteiger partial charge in [-0.15, -0.1) is 8.07 Å². The Labute approximate surface area is 90.3 Å². The minimum atomic E-state index is -0.861. The first-order chi connectivity index (χ1) is 4.00. The summed E-state index contributed by atoms with van der Waals surface area (Å²) >= 11 is 0. The average Bonchev–Trinajstić information content (AvgIpc) is 1.12. The molecule has 64 valence electrons. The van der Waals surface area contributed by atoms with Crippen molar-refractivity contribution in [1.29, 1.82) is 0 Å². The molecule has 0 aromatic carbocycles. The van der Waals surface area contributed by atoms with Crippen LogP contribution in [0.2, 0.25) is 19.6 Å². The van der Waals surface area contributed by atoms with Crippen molar-refractivity contribution in [3.05, 3.63) is 13.5 Å². The van der Waals surface area contributed by atoms with Crippen molar-refractivity contribution in [2.75, 3.05) is 0 Å². The number of hydrogen-bond donors (Lipinski definition) is 0. The molecule has 0 saturated carbocycles. The van der Waals surface area contributed by atoms with Crippen molar-refractivity contribution in [2.45, 2.75) is 40.4 Å². The summed E-state index contributed by atoms with van der Waals surface area (Å²) in [5, 5.41) is 0. The van der Waals surface area contributed by atoms with E-state index in [1.54, 1.807) is 0 Å². The molecular formula is C9H22MgSi. The van der Waals surface area contributed by atoms with Crippen LogP contribution < -0.4 is 0 Å². The van der Waals surface area contributed by atoms with Crippen molar-refractivity contribution in [1.82, 2.24) is 0 Å². The van der Waals surface area contributed by atoms with Gasteiger partial charge in [0.25, 0.3) is 0 Å². The zero-order chi connectivity index (χ0) is 9.00. The maximum Gasteiger partial charge on any atom is 2.00 e. The summed E-state index contributed by atoms with van der Waals surface area (Å²) in [6, 6.07) is 0. The molecule has 0 fully saturated rings. The SMILES string of the molecule is [CH2-]C(C)(C)C.[CH2-][Si](C)(C)C.[Mg+2]. The van der Waals surface area contributed by atoms with Gasteiger partial charge in [0, 0.05) is 0 Å². The number of hydrogen-bond acceptors (Lipinski definition) is 0. The topological polar surface area (TPSA) is 0 Å². The predicted molar refractivity (Wildman–Crippen MR) is 59.3 cm³/mol. The molecule has 0 N–H and O–H groups in total. The van der Waals surface area contributed by atoms with Crippen LogP contribution in [0.25, 0.3) is 0 Å². The minimum Gasteiger partial charge on any atom is -0.342 e. The molecule has 0 aromatic heterocycles. The van der Waals surface area contributed by atoms with Gasteiger partial charge in [0.15, 0.2) is 0 Å². The second-order valence-corrected chi connectivity index (χ2v) is 10.2. The predicted octanol–water partition coefficient (Wildman–Crippen LogP) is 3.18. The quantitative estimate of drug-likeness (QED) is 0.399. The maximum atomic E-state index is 3.91. The van der Waals surface area contributed by atoms with Gasteiger partial charge in [-0.1, -0.05) is 40.4 Å². The largest absolute Gasteiger partial charge is 2.00 e. The van der Waals surface area contributed by atoms with Crippen LogP contribution in [0.5, 0.6) is 0 Å². The Kier molecular flexibility index (Phi) is 10.6. The Bertz CT molecular complexity index is 52.5. The van der Waals surface area contributed by atoms with Gasteiger partial charge in [-0.05, 0) is 0 Å². The molecule has 0 heterocycles. The maximum absolute atomic E-state index is 3.91. The van der Waals surface area contributed by atoms with Crippen LogP contribution in [0.1, 0.15) is 20.8 Å². The molecule has 0 bridgehead atoms. The summed E-state index contributed by atoms with van der Waals surface area (Å²) in [4.78, 5) is 0. The molecule has 0 rings (SSSR count). The molecule has 0 aliphatic rings. The minimum absolute atomic E-state index is 0. The summed E-state index contributed by atoms with van der Waals surface area (Å²) in [7, 11) is -0.861. The Balaban J connectivity index is -0.000000107. The van der Waals surface area contributed by atoms with Gasteiger partial charge in [-0.3, -0.25) is 0 Å². The first kappa shape index (κ1) is 17.9. The van der Waals surface area contributed by atoms with Crippen LogP contribution in [0, 0.1) is 18.9 Å². The molecule has 0 nitrogen and oxygen atoms in total. The molecule has 0 unspecified atom stereocenters. The van der Waals surface area contributed by atoms with Crippen molar-refractivity contribution in [2.24, 2.45) is 5.41 Å². The van der Waals surface area contributed by atoms with E-state index in [4.69, 9.17) is 0 Å². The van der Waals surface area contributed by atoms with E-state index in [-0.39, 0.29) is 28.5 Å². The third kappa shape index (κ3) is 917. The van der Waals surface area contributed by atoms with Crippen LogP contribution in [0.15, 0.2) is 0 Å². The van der Waals surface area contributed by atoms with Crippen LogP contribution in [0.4, 0.5) is 0 Å². The second-order valence-electron chi connectivity index (χ2n) is 5.12. The molecule has 0 aliphatic heterocycles. The zero-order valence-corrected chi connectivity index (χ0v) is 11.5. The van der Waals surface area contributed by atoms with E-state index < -0.39 is 8.07 Å². The Morgan fingerprint density at radius 2 is 1.00 bits per heavy atom. The van der Waals surface area contributed by atoms with Crippen molar-refractivity contribution < 1.29 is 0 Å². The fourth-order valence-electron chi connectivity index (χ4n) is 0. The summed E-state index contributed by atoms with van der Waals surface area (Å²) in [5.74, 6) is 0. The third-order valence-corrected chi connectivity index (χ3v) is 0. The first-order valence-corrected chi connectivity index (χ1v) is 7.41. The van der Waals surface area contributed by atoms with E-state index in [9.17, 15) is 0 Å². The van der Waals surface area contributed by atoms with Crippen LogP contribution in [0.3, 0.4) is 0 Å². The monoisotopic (exact) mass is 182 g/mol. The molecule has 0 aromatic rings. The van der Waals surface area contributed by atoms with Gasteiger partial charge in [-0.2, -0.15) is 5.41 Å². The Hall–Kier alpha value is 0.983. The molecule has 0 saturated heterocycles. The van der Waals surface area contributed by atoms with Gasteiger partial charge >= 0.3 is 23.1 Å². The van der Waals surface area contributed by atoms with Gasteiger partial charge in [-0.25, -0.2) is 0 Å². The first-order valence-electron chi connectivity index (χ1n) is 3.71. The van der Waals surface area contributed by atoms with E-state index in [1.165, 1.54) is 0 Å². The van der Waals surface area contributed by atoms with Crippen molar-refractivity contribution in [3.63, 3.8) is 0 Å². The van der Waals surface area contributed by atoms with E-state index in [0.717, 1.165) is 0 Å². The second kappa shape index (κ2) is 6.49. The third-order valence-electron chi connectivity index (χ3n) is 0. The zero-order valence-electron chi connectivity index (χ0n) is 9.12. The summed E-state index contributed by atoms with van der Waals surface area (Å²) in [6.07, 6.45) is 0. The molecule has 0 radical (unpaired) electrons. The smallest absolute Gasteiger partial charge is 0.342 e. The van der Waals surface area contributed by atoms with E-state index in [2.05, 4.69) is 53.9 Å². The van der Waals surface area contributed by atoms with E-state index in [1.807, 2.05) is 0 Å². The molecular weight excluding hydrogens is 160 g/mol.